The molecule has 1 fully saturated rings. The fourth-order valence-corrected chi connectivity index (χ4v) is 12.5. The molecular formula is C51H65N4S+. The molecule has 0 radical (unpaired) electrons. The smallest absolute Gasteiger partial charge is 0.285 e. The Hall–Kier alpha value is -3.64. The first-order chi connectivity index (χ1) is 26.5. The highest BCUT2D eigenvalue weighted by Gasteiger charge is 2.79. The zero-order chi connectivity index (χ0) is 40.2. The molecule has 1 aliphatic carbocycles. The van der Waals surface area contributed by atoms with Crippen molar-refractivity contribution >= 4 is 53.2 Å². The summed E-state index contributed by atoms with van der Waals surface area (Å²) in [6.45, 7) is 37.3. The highest BCUT2D eigenvalue weighted by molar-refractivity contribution is 7.26. The van der Waals surface area contributed by atoms with Crippen LogP contribution in [0.15, 0.2) is 79.6 Å². The first-order valence-electron chi connectivity index (χ1n) is 21.3. The number of benzene rings is 4. The summed E-state index contributed by atoms with van der Waals surface area (Å²) in [7, 11) is 0. The Kier molecular flexibility index (Phi) is 9.62. The predicted octanol–water partition coefficient (Wildman–Crippen LogP) is 12.4. The lowest BCUT2D eigenvalue weighted by molar-refractivity contribution is -0.735. The van der Waals surface area contributed by atoms with E-state index in [1.807, 2.05) is 11.3 Å². The molecule has 2 aromatic heterocycles. The van der Waals surface area contributed by atoms with Gasteiger partial charge in [0.2, 0.25) is 4.83 Å². The molecule has 8 rings (SSSR count). The minimum absolute atomic E-state index is 0.0285. The van der Waals surface area contributed by atoms with Crippen LogP contribution < -0.4 is 4.57 Å². The zero-order valence-corrected chi connectivity index (χ0v) is 37.2. The van der Waals surface area contributed by atoms with Crippen LogP contribution in [0.5, 0.6) is 0 Å². The summed E-state index contributed by atoms with van der Waals surface area (Å²) in [5, 5.41) is 8.20. The minimum atomic E-state index is -0.174. The maximum Gasteiger partial charge on any atom is 0.288 e. The highest BCUT2D eigenvalue weighted by Crippen LogP contribution is 2.70. The molecular weight excluding hydrogens is 701 g/mol. The van der Waals surface area contributed by atoms with Gasteiger partial charge < -0.3 is 0 Å². The Bertz CT molecular complexity index is 2500. The van der Waals surface area contributed by atoms with Gasteiger partial charge in [-0.25, -0.2) is 4.57 Å². The number of rotatable bonds is 11. The average Bonchev–Trinajstić information content (AvgIpc) is 3.40. The molecule has 0 N–H and O–H groups in total. The number of hydrogen-bond donors (Lipinski definition) is 0. The van der Waals surface area contributed by atoms with Crippen molar-refractivity contribution < 1.29 is 4.57 Å². The van der Waals surface area contributed by atoms with E-state index in [-0.39, 0.29) is 16.4 Å². The second-order valence-electron chi connectivity index (χ2n) is 19.9. The van der Waals surface area contributed by atoms with E-state index in [1.54, 1.807) is 0 Å². The van der Waals surface area contributed by atoms with Gasteiger partial charge in [-0.15, -0.1) is 6.58 Å². The molecule has 1 saturated carbocycles. The van der Waals surface area contributed by atoms with Crippen molar-refractivity contribution in [3.63, 3.8) is 0 Å². The van der Waals surface area contributed by atoms with Crippen molar-refractivity contribution in [3.8, 4) is 11.3 Å². The van der Waals surface area contributed by atoms with E-state index in [0.717, 1.165) is 24.3 Å². The normalized spacial score (nSPS) is 21.4. The van der Waals surface area contributed by atoms with Crippen molar-refractivity contribution in [2.75, 3.05) is 13.1 Å². The van der Waals surface area contributed by atoms with E-state index in [4.69, 9.17) is 4.98 Å². The number of hydrogen-bond acceptors (Lipinski definition) is 4. The molecule has 5 heteroatoms. The third-order valence-electron chi connectivity index (χ3n) is 14.0. The van der Waals surface area contributed by atoms with Crippen LogP contribution in [0.25, 0.3) is 53.1 Å². The van der Waals surface area contributed by atoms with E-state index < -0.39 is 0 Å². The Morgan fingerprint density at radius 3 is 2.18 bits per heavy atom. The fraction of sp³-hybridized carbons (Fsp3) is 0.490. The minimum Gasteiger partial charge on any atom is -0.285 e. The summed E-state index contributed by atoms with van der Waals surface area (Å²) in [6, 6.07) is 24.3. The second kappa shape index (κ2) is 13.7. The first-order valence-corrected chi connectivity index (χ1v) is 22.2. The van der Waals surface area contributed by atoms with Crippen molar-refractivity contribution in [2.24, 2.45) is 17.8 Å². The number of fused-ring (bicyclic) bond motifs is 14. The van der Waals surface area contributed by atoms with Crippen LogP contribution >= 0.6 is 11.3 Å². The van der Waals surface area contributed by atoms with Crippen LogP contribution in [0.2, 0.25) is 0 Å². The van der Waals surface area contributed by atoms with Crippen LogP contribution in [0.3, 0.4) is 0 Å². The maximum atomic E-state index is 5.43. The summed E-state index contributed by atoms with van der Waals surface area (Å²) < 4.78 is 4.04. The molecule has 0 spiro atoms. The van der Waals surface area contributed by atoms with E-state index in [0.29, 0.717) is 36.0 Å². The van der Waals surface area contributed by atoms with Gasteiger partial charge in [0, 0.05) is 57.5 Å². The molecule has 294 valence electrons. The molecule has 4 nitrogen and oxygen atoms in total. The standard InChI is InChI=1S/C51H65N4S/c1-15-25-53(32(6)7)48(31(4)5)54(33(8)9)28-41-50(13)44-37-22-17-16-21-36(37)40(49(10,11)12)27-39(44)45-43-38-24-23-34-19-18-20-35(26-30(2)3)42(34)46(38)56-47(43)52-29-55(45)51(41,50)14/h15-24,27,29-33,41,48H,1,25-26,28H2,2-14H3/q+1. The Labute approximate surface area is 340 Å². The van der Waals surface area contributed by atoms with Crippen molar-refractivity contribution in [2.45, 2.75) is 131 Å². The largest absolute Gasteiger partial charge is 0.288 e. The summed E-state index contributed by atoms with van der Waals surface area (Å²) in [6.07, 6.45) is 5.68. The lowest BCUT2D eigenvalue weighted by Gasteiger charge is -2.46. The van der Waals surface area contributed by atoms with Gasteiger partial charge in [0.15, 0.2) is 0 Å². The summed E-state index contributed by atoms with van der Waals surface area (Å²) >= 11 is 1.89. The fourth-order valence-electron chi connectivity index (χ4n) is 11.2. The molecule has 1 aliphatic heterocycles. The van der Waals surface area contributed by atoms with Crippen molar-refractivity contribution in [3.05, 3.63) is 96.3 Å². The zero-order valence-electron chi connectivity index (χ0n) is 36.4. The van der Waals surface area contributed by atoms with Crippen LogP contribution in [-0.2, 0) is 22.8 Å². The van der Waals surface area contributed by atoms with Gasteiger partial charge in [-0.2, -0.15) is 0 Å². The van der Waals surface area contributed by atoms with Crippen molar-refractivity contribution in [1.82, 2.24) is 14.8 Å². The van der Waals surface area contributed by atoms with E-state index in [9.17, 15) is 0 Å². The van der Waals surface area contributed by atoms with Gasteiger partial charge in [-0.1, -0.05) is 127 Å². The molecule has 4 unspecified atom stereocenters. The van der Waals surface area contributed by atoms with E-state index in [1.165, 1.54) is 65.0 Å². The lowest BCUT2D eigenvalue weighted by atomic mass is 9.75. The average molecular weight is 766 g/mol. The SMILES string of the molecule is C=CCN(C(C)C)C(C(C)C)N(CC1C2(C)c3c(cc(C(C)(C)C)c4ccccc34)-c3c4c(nc[n+]3C12C)sc1c4ccc2cccc(CC(C)C)c21)C(C)C. The first kappa shape index (κ1) is 39.2. The second-order valence-corrected chi connectivity index (χ2v) is 20.9. The van der Waals surface area contributed by atoms with Gasteiger partial charge >= 0.3 is 0 Å². The highest BCUT2D eigenvalue weighted by atomic mass is 32.1. The molecule has 6 aromatic rings. The third kappa shape index (κ3) is 5.65. The Morgan fingerprint density at radius 2 is 1.55 bits per heavy atom. The Morgan fingerprint density at radius 1 is 0.857 bits per heavy atom. The molecule has 0 amide bonds. The topological polar surface area (TPSA) is 23.2 Å². The molecule has 4 atom stereocenters. The molecule has 0 saturated heterocycles. The van der Waals surface area contributed by atoms with Crippen LogP contribution in [0, 0.1) is 17.8 Å². The molecule has 56 heavy (non-hydrogen) atoms. The lowest BCUT2D eigenvalue weighted by Crippen LogP contribution is -2.57. The summed E-state index contributed by atoms with van der Waals surface area (Å²) in [5.74, 6) is 1.41. The number of aromatic nitrogens is 2. The predicted molar refractivity (Wildman–Crippen MR) is 242 cm³/mol. The molecule has 0 bridgehead atoms. The monoisotopic (exact) mass is 765 g/mol. The quantitative estimate of drug-likeness (QED) is 0.0745. The van der Waals surface area contributed by atoms with Crippen molar-refractivity contribution in [1.29, 1.82) is 0 Å². The van der Waals surface area contributed by atoms with E-state index >= 15 is 0 Å². The summed E-state index contributed by atoms with van der Waals surface area (Å²) in [5.41, 5.74) is 6.82. The van der Waals surface area contributed by atoms with Gasteiger partial charge in [0.25, 0.3) is 6.33 Å². The van der Waals surface area contributed by atoms with Gasteiger partial charge in [0.1, 0.15) is 11.2 Å². The maximum absolute atomic E-state index is 5.43. The van der Waals surface area contributed by atoms with Gasteiger partial charge in [-0.3, -0.25) is 9.80 Å². The number of nitrogens with zero attached hydrogens (tertiary/aromatic N) is 4. The molecule has 3 heterocycles. The number of thiophene rings is 1. The van der Waals surface area contributed by atoms with E-state index in [2.05, 4.69) is 184 Å². The third-order valence-corrected chi connectivity index (χ3v) is 15.1. The van der Waals surface area contributed by atoms with Crippen LogP contribution in [-0.4, -0.2) is 46.1 Å². The summed E-state index contributed by atoms with van der Waals surface area (Å²) in [4.78, 5) is 12.1. The van der Waals surface area contributed by atoms with Gasteiger partial charge in [0.05, 0.1) is 11.6 Å². The molecule has 2 aliphatic rings. The van der Waals surface area contributed by atoms with Gasteiger partial charge in [-0.05, 0) is 102 Å². The van der Waals surface area contributed by atoms with Crippen LogP contribution in [0.1, 0.15) is 107 Å². The Balaban J connectivity index is 1.45. The van der Waals surface area contributed by atoms with Crippen LogP contribution in [0.4, 0.5) is 0 Å². The molecule has 4 aromatic carbocycles.